The molecule has 3 heterocycles. The molecule has 0 aromatic heterocycles. The van der Waals surface area contributed by atoms with E-state index in [0.717, 1.165) is 0 Å². The molecule has 0 aromatic rings. The van der Waals surface area contributed by atoms with Gasteiger partial charge in [0, 0.05) is 25.9 Å². The maximum atomic E-state index is 12.4. The summed E-state index contributed by atoms with van der Waals surface area (Å²) >= 11 is 0. The van der Waals surface area contributed by atoms with Crippen molar-refractivity contribution in [3.05, 3.63) is 11.6 Å². The molecule has 11 atom stereocenters. The highest BCUT2D eigenvalue weighted by Crippen LogP contribution is 2.52. The van der Waals surface area contributed by atoms with Crippen molar-refractivity contribution in [1.82, 2.24) is 0 Å². The number of ether oxygens (including phenoxy) is 6. The molecule has 3 saturated heterocycles. The van der Waals surface area contributed by atoms with Crippen molar-refractivity contribution in [2.24, 2.45) is 17.8 Å². The molecule has 3 fully saturated rings. The Kier molecular flexibility index (Phi) is 6.34. The van der Waals surface area contributed by atoms with E-state index in [2.05, 4.69) is 0 Å². The van der Waals surface area contributed by atoms with Gasteiger partial charge in [0.15, 0.2) is 18.9 Å². The summed E-state index contributed by atoms with van der Waals surface area (Å²) < 4.78 is 33.0. The summed E-state index contributed by atoms with van der Waals surface area (Å²) in [5.74, 6) is -2.74. The summed E-state index contributed by atoms with van der Waals surface area (Å²) in [6.07, 6.45) is -8.47. The van der Waals surface area contributed by atoms with E-state index in [4.69, 9.17) is 28.4 Å². The Balaban J connectivity index is 1.59. The average molecular weight is 446 g/mol. The van der Waals surface area contributed by atoms with Crippen LogP contribution in [0.25, 0.3) is 0 Å². The van der Waals surface area contributed by atoms with Gasteiger partial charge in [-0.2, -0.15) is 0 Å². The summed E-state index contributed by atoms with van der Waals surface area (Å²) in [5.41, 5.74) is 0.604. The van der Waals surface area contributed by atoms with E-state index in [-0.39, 0.29) is 6.61 Å². The van der Waals surface area contributed by atoms with Crippen LogP contribution in [0.15, 0.2) is 11.6 Å². The monoisotopic (exact) mass is 446 g/mol. The van der Waals surface area contributed by atoms with Crippen LogP contribution in [-0.4, -0.2) is 102 Å². The largest absolute Gasteiger partial charge is 0.461 e. The van der Waals surface area contributed by atoms with Crippen LogP contribution in [0, 0.1) is 17.8 Å². The molecule has 4 rings (SSSR count). The minimum Gasteiger partial charge on any atom is -0.461 e. The van der Waals surface area contributed by atoms with Crippen LogP contribution in [0.1, 0.15) is 6.92 Å². The number of hydrogen-bond donors (Lipinski definition) is 4. The molecular formula is C19H26O12. The van der Waals surface area contributed by atoms with Gasteiger partial charge in [0.05, 0.1) is 6.61 Å². The first-order chi connectivity index (χ1) is 14.8. The SMILES string of the molecule is CO[C@@H]1O[C@@H](O[C@@H]2O[C@H](CO)[C@@H](O)[C@H](O)[C@H]2O)[C@@H]2C(COC(C)=O)=C[C@@H]3OC(=O)[C@H]1[C@H]23. The minimum absolute atomic E-state index is 0.0766. The smallest absolute Gasteiger partial charge is 0.315 e. The maximum absolute atomic E-state index is 12.4. The third-order valence-electron chi connectivity index (χ3n) is 6.19. The molecule has 174 valence electrons. The molecule has 12 nitrogen and oxygen atoms in total. The van der Waals surface area contributed by atoms with Crippen molar-refractivity contribution < 1.29 is 58.4 Å². The number of carbonyl (C=O) groups excluding carboxylic acids is 2. The second kappa shape index (κ2) is 8.71. The van der Waals surface area contributed by atoms with Gasteiger partial charge in [-0.3, -0.25) is 9.59 Å². The van der Waals surface area contributed by atoms with Gasteiger partial charge in [0.25, 0.3) is 0 Å². The minimum atomic E-state index is -1.64. The van der Waals surface area contributed by atoms with Crippen molar-refractivity contribution in [2.45, 2.75) is 56.3 Å². The normalized spacial score (nSPS) is 46.3. The zero-order chi connectivity index (χ0) is 22.4. The summed E-state index contributed by atoms with van der Waals surface area (Å²) in [6.45, 7) is 0.569. The van der Waals surface area contributed by atoms with E-state index in [1.165, 1.54) is 14.0 Å². The topological polar surface area (TPSA) is 170 Å². The molecule has 3 aliphatic heterocycles. The molecule has 0 spiro atoms. The van der Waals surface area contributed by atoms with Crippen molar-refractivity contribution in [2.75, 3.05) is 20.3 Å². The lowest BCUT2D eigenvalue weighted by Gasteiger charge is -2.45. The number of carbonyl (C=O) groups is 2. The van der Waals surface area contributed by atoms with Crippen molar-refractivity contribution in [3.63, 3.8) is 0 Å². The fourth-order valence-corrected chi connectivity index (χ4v) is 4.71. The second-order valence-corrected chi connectivity index (χ2v) is 7.99. The van der Waals surface area contributed by atoms with Crippen molar-refractivity contribution in [1.29, 1.82) is 0 Å². The Labute approximate surface area is 177 Å². The Bertz CT molecular complexity index is 737. The van der Waals surface area contributed by atoms with Crippen LogP contribution in [0.2, 0.25) is 0 Å². The van der Waals surface area contributed by atoms with Gasteiger partial charge in [0.1, 0.15) is 43.0 Å². The first kappa shape index (κ1) is 22.6. The van der Waals surface area contributed by atoms with E-state index < -0.39 is 85.7 Å². The lowest BCUT2D eigenvalue weighted by molar-refractivity contribution is -0.375. The maximum Gasteiger partial charge on any atom is 0.315 e. The van der Waals surface area contributed by atoms with Gasteiger partial charge < -0.3 is 48.8 Å². The lowest BCUT2D eigenvalue weighted by atomic mass is 9.78. The molecule has 12 heteroatoms. The lowest BCUT2D eigenvalue weighted by Crippen LogP contribution is -2.61. The van der Waals surface area contributed by atoms with Gasteiger partial charge in [-0.15, -0.1) is 0 Å². The Morgan fingerprint density at radius 3 is 2.45 bits per heavy atom. The Hall–Kier alpha value is -1.64. The standard InChI is InChI=1S/C19H26O12/c1-6(21)27-5-7-3-8-11-10(7)18(30-17(26-2)12(11)16(25)28-8)31-19-15(24)14(23)13(22)9(4-20)29-19/h3,8-15,17-20,22-24H,4-5H2,1-2H3/t8-,9+,10+,11-,12+,13+,14-,15+,17+,18-,19-/m0/s1. The van der Waals surface area contributed by atoms with E-state index in [1.807, 2.05) is 0 Å². The molecule has 0 aromatic carbocycles. The molecule has 0 amide bonds. The number of aliphatic hydroxyl groups excluding tert-OH is 4. The number of aliphatic hydroxyl groups is 4. The zero-order valence-electron chi connectivity index (χ0n) is 16.9. The van der Waals surface area contributed by atoms with Gasteiger partial charge in [-0.25, -0.2) is 0 Å². The van der Waals surface area contributed by atoms with E-state index >= 15 is 0 Å². The quantitative estimate of drug-likeness (QED) is 0.248. The fourth-order valence-electron chi connectivity index (χ4n) is 4.71. The van der Waals surface area contributed by atoms with E-state index in [9.17, 15) is 30.0 Å². The highest BCUT2D eigenvalue weighted by molar-refractivity contribution is 5.77. The molecule has 31 heavy (non-hydrogen) atoms. The molecule has 1 aliphatic carbocycles. The fraction of sp³-hybridized carbons (Fsp3) is 0.789. The van der Waals surface area contributed by atoms with Crippen LogP contribution < -0.4 is 0 Å². The average Bonchev–Trinajstić information content (AvgIpc) is 3.26. The van der Waals surface area contributed by atoms with Crippen molar-refractivity contribution in [3.8, 4) is 0 Å². The van der Waals surface area contributed by atoms with Crippen LogP contribution in [0.4, 0.5) is 0 Å². The molecule has 0 unspecified atom stereocenters. The Morgan fingerprint density at radius 1 is 1.06 bits per heavy atom. The summed E-state index contributed by atoms with van der Waals surface area (Å²) in [5, 5.41) is 39.7. The summed E-state index contributed by atoms with van der Waals surface area (Å²) in [7, 11) is 1.36. The van der Waals surface area contributed by atoms with Crippen LogP contribution in [-0.2, 0) is 38.0 Å². The number of methoxy groups -OCH3 is 1. The van der Waals surface area contributed by atoms with Crippen LogP contribution >= 0.6 is 0 Å². The van der Waals surface area contributed by atoms with E-state index in [1.54, 1.807) is 6.08 Å². The second-order valence-electron chi connectivity index (χ2n) is 7.99. The third kappa shape index (κ3) is 3.87. The highest BCUT2D eigenvalue weighted by Gasteiger charge is 2.62. The van der Waals surface area contributed by atoms with Gasteiger partial charge >= 0.3 is 11.9 Å². The van der Waals surface area contributed by atoms with Gasteiger partial charge in [0.2, 0.25) is 0 Å². The number of hydrogen-bond acceptors (Lipinski definition) is 12. The highest BCUT2D eigenvalue weighted by atomic mass is 16.8. The van der Waals surface area contributed by atoms with Gasteiger partial charge in [-0.05, 0) is 11.6 Å². The molecule has 0 bridgehead atoms. The molecule has 0 saturated carbocycles. The molecular weight excluding hydrogens is 420 g/mol. The van der Waals surface area contributed by atoms with Crippen LogP contribution in [0.3, 0.4) is 0 Å². The van der Waals surface area contributed by atoms with Crippen molar-refractivity contribution >= 4 is 11.9 Å². The summed E-state index contributed by atoms with van der Waals surface area (Å²) in [4.78, 5) is 23.7. The molecule has 4 aliphatic rings. The Morgan fingerprint density at radius 2 is 1.81 bits per heavy atom. The van der Waals surface area contributed by atoms with Gasteiger partial charge in [-0.1, -0.05) is 0 Å². The first-order valence-electron chi connectivity index (χ1n) is 9.95. The predicted octanol–water partition coefficient (Wildman–Crippen LogP) is -2.59. The predicted molar refractivity (Wildman–Crippen MR) is 95.6 cm³/mol. The summed E-state index contributed by atoms with van der Waals surface area (Å²) in [6, 6.07) is 0. The third-order valence-corrected chi connectivity index (χ3v) is 6.19. The van der Waals surface area contributed by atoms with Crippen LogP contribution in [0.5, 0.6) is 0 Å². The van der Waals surface area contributed by atoms with E-state index in [0.29, 0.717) is 5.57 Å². The molecule has 0 radical (unpaired) electrons. The number of rotatable bonds is 6. The first-order valence-corrected chi connectivity index (χ1v) is 9.95. The molecule has 4 N–H and O–H groups in total. The number of esters is 2. The zero-order valence-corrected chi connectivity index (χ0v) is 16.9.